The molecule has 0 spiro atoms. The molecular formula is C19H22N2O3. The molecule has 1 amide bonds. The topological polar surface area (TPSA) is 62.5 Å². The number of carbonyl (C=O) groups is 2. The van der Waals surface area contributed by atoms with Crippen LogP contribution in [0, 0.1) is 20.8 Å². The minimum absolute atomic E-state index is 0.188. The third-order valence-corrected chi connectivity index (χ3v) is 4.72. The summed E-state index contributed by atoms with van der Waals surface area (Å²) >= 11 is 0. The first-order valence-corrected chi connectivity index (χ1v) is 8.20. The molecule has 1 saturated heterocycles. The van der Waals surface area contributed by atoms with Gasteiger partial charge in [0, 0.05) is 23.6 Å². The lowest BCUT2D eigenvalue weighted by Gasteiger charge is -2.21. The Morgan fingerprint density at radius 2 is 1.92 bits per heavy atom. The number of carboxylic acids is 1. The highest BCUT2D eigenvalue weighted by Gasteiger charge is 2.35. The van der Waals surface area contributed by atoms with E-state index in [1.165, 1.54) is 4.90 Å². The number of aryl methyl sites for hydroxylation is 2. The van der Waals surface area contributed by atoms with Gasteiger partial charge in [0.15, 0.2) is 0 Å². The maximum absolute atomic E-state index is 12.9. The fraction of sp³-hybridized carbons (Fsp3) is 0.368. The first kappa shape index (κ1) is 16.3. The smallest absolute Gasteiger partial charge is 0.326 e. The van der Waals surface area contributed by atoms with Gasteiger partial charge in [0.05, 0.1) is 5.56 Å². The molecule has 1 aromatic heterocycles. The van der Waals surface area contributed by atoms with E-state index in [1.54, 1.807) is 0 Å². The van der Waals surface area contributed by atoms with Gasteiger partial charge in [-0.05, 0) is 57.4 Å². The molecule has 1 atom stereocenters. The Labute approximate surface area is 141 Å². The summed E-state index contributed by atoms with van der Waals surface area (Å²) in [6, 6.07) is 9.26. The van der Waals surface area contributed by atoms with Crippen LogP contribution in [0.5, 0.6) is 0 Å². The molecule has 5 nitrogen and oxygen atoms in total. The number of carboxylic acid groups (broad SMARTS) is 1. The average molecular weight is 326 g/mol. The number of likely N-dealkylation sites (tertiary alicyclic amines) is 1. The largest absolute Gasteiger partial charge is 0.480 e. The van der Waals surface area contributed by atoms with E-state index in [2.05, 4.69) is 6.07 Å². The Kier molecular flexibility index (Phi) is 4.18. The van der Waals surface area contributed by atoms with E-state index in [1.807, 2.05) is 49.6 Å². The number of hydrogen-bond acceptors (Lipinski definition) is 2. The zero-order valence-corrected chi connectivity index (χ0v) is 14.2. The molecule has 1 N–H and O–H groups in total. The van der Waals surface area contributed by atoms with Crippen LogP contribution in [0.25, 0.3) is 5.69 Å². The maximum atomic E-state index is 12.9. The van der Waals surface area contributed by atoms with Gasteiger partial charge in [-0.3, -0.25) is 4.79 Å². The Bertz CT molecular complexity index is 807. The zero-order valence-electron chi connectivity index (χ0n) is 14.2. The van der Waals surface area contributed by atoms with Crippen molar-refractivity contribution in [3.8, 4) is 5.69 Å². The Morgan fingerprint density at radius 1 is 1.17 bits per heavy atom. The molecule has 0 unspecified atom stereocenters. The second-order valence-electron chi connectivity index (χ2n) is 6.45. The molecule has 0 bridgehead atoms. The van der Waals surface area contributed by atoms with Crippen molar-refractivity contribution in [2.45, 2.75) is 39.7 Å². The maximum Gasteiger partial charge on any atom is 0.326 e. The number of amides is 1. The lowest BCUT2D eigenvalue weighted by atomic mass is 10.1. The minimum atomic E-state index is -0.923. The van der Waals surface area contributed by atoms with Gasteiger partial charge in [0.25, 0.3) is 5.91 Å². The SMILES string of the molecule is Cc1cccc(-n2c(C)cc(C(=O)N3CCC[C@@H]3C(=O)O)c2C)c1. The molecule has 1 aliphatic heterocycles. The lowest BCUT2D eigenvalue weighted by molar-refractivity contribution is -0.141. The number of hydrogen-bond donors (Lipinski definition) is 1. The van der Waals surface area contributed by atoms with Crippen LogP contribution in [0.3, 0.4) is 0 Å². The Morgan fingerprint density at radius 3 is 2.58 bits per heavy atom. The first-order valence-electron chi connectivity index (χ1n) is 8.20. The van der Waals surface area contributed by atoms with Gasteiger partial charge in [-0.25, -0.2) is 4.79 Å². The third kappa shape index (κ3) is 2.70. The van der Waals surface area contributed by atoms with Crippen molar-refractivity contribution in [3.63, 3.8) is 0 Å². The Hall–Kier alpha value is -2.56. The number of carbonyl (C=O) groups excluding carboxylic acids is 1. The quantitative estimate of drug-likeness (QED) is 0.943. The van der Waals surface area contributed by atoms with Gasteiger partial charge in [-0.1, -0.05) is 12.1 Å². The number of nitrogens with zero attached hydrogens (tertiary/aromatic N) is 2. The summed E-state index contributed by atoms with van der Waals surface area (Å²) in [5.41, 5.74) is 4.56. The van der Waals surface area contributed by atoms with Crippen LogP contribution >= 0.6 is 0 Å². The molecule has 0 radical (unpaired) electrons. The van der Waals surface area contributed by atoms with Crippen molar-refractivity contribution in [2.75, 3.05) is 6.54 Å². The summed E-state index contributed by atoms with van der Waals surface area (Å²) in [5.74, 6) is -1.11. The van der Waals surface area contributed by atoms with Crippen molar-refractivity contribution in [1.29, 1.82) is 0 Å². The van der Waals surface area contributed by atoms with Crippen LogP contribution in [0.4, 0.5) is 0 Å². The van der Waals surface area contributed by atoms with Crippen LogP contribution < -0.4 is 0 Å². The van der Waals surface area contributed by atoms with Crippen LogP contribution in [-0.4, -0.2) is 39.0 Å². The van der Waals surface area contributed by atoms with Crippen molar-refractivity contribution in [1.82, 2.24) is 9.47 Å². The molecular weight excluding hydrogens is 304 g/mol. The summed E-state index contributed by atoms with van der Waals surface area (Å²) in [5, 5.41) is 9.32. The van der Waals surface area contributed by atoms with Gasteiger partial charge < -0.3 is 14.6 Å². The van der Waals surface area contributed by atoms with Gasteiger partial charge in [0.1, 0.15) is 6.04 Å². The van der Waals surface area contributed by atoms with Crippen LogP contribution in [-0.2, 0) is 4.79 Å². The first-order chi connectivity index (χ1) is 11.4. The van der Waals surface area contributed by atoms with Gasteiger partial charge in [0.2, 0.25) is 0 Å². The molecule has 1 aromatic carbocycles. The molecule has 0 saturated carbocycles. The summed E-state index contributed by atoms with van der Waals surface area (Å²) < 4.78 is 2.05. The average Bonchev–Trinajstić information content (AvgIpc) is 3.11. The predicted molar refractivity (Wildman–Crippen MR) is 91.7 cm³/mol. The molecule has 1 aliphatic rings. The Balaban J connectivity index is 2.00. The van der Waals surface area contributed by atoms with E-state index >= 15 is 0 Å². The molecule has 1 fully saturated rings. The fourth-order valence-corrected chi connectivity index (χ4v) is 3.56. The van der Waals surface area contributed by atoms with Crippen molar-refractivity contribution < 1.29 is 14.7 Å². The van der Waals surface area contributed by atoms with Crippen LogP contribution in [0.2, 0.25) is 0 Å². The second-order valence-corrected chi connectivity index (χ2v) is 6.45. The molecule has 5 heteroatoms. The van der Waals surface area contributed by atoms with Crippen LogP contribution in [0.1, 0.15) is 40.2 Å². The molecule has 24 heavy (non-hydrogen) atoms. The lowest BCUT2D eigenvalue weighted by Crippen LogP contribution is -2.40. The number of benzene rings is 1. The highest BCUT2D eigenvalue weighted by molar-refractivity contribution is 5.98. The molecule has 0 aliphatic carbocycles. The summed E-state index contributed by atoms with van der Waals surface area (Å²) in [4.78, 5) is 25.8. The standard InChI is InChI=1S/C19H22N2O3/c1-12-6-4-7-15(10-12)21-13(2)11-16(14(21)3)18(22)20-9-5-8-17(20)19(23)24/h4,6-7,10-11,17H,5,8-9H2,1-3H3,(H,23,24)/t17-/m1/s1. The molecule has 2 aromatic rings. The third-order valence-electron chi connectivity index (χ3n) is 4.72. The minimum Gasteiger partial charge on any atom is -0.480 e. The summed E-state index contributed by atoms with van der Waals surface area (Å²) in [7, 11) is 0. The van der Waals surface area contributed by atoms with Gasteiger partial charge in [-0.15, -0.1) is 0 Å². The zero-order chi connectivity index (χ0) is 17.4. The van der Waals surface area contributed by atoms with E-state index < -0.39 is 12.0 Å². The fourth-order valence-electron chi connectivity index (χ4n) is 3.56. The van der Waals surface area contributed by atoms with Gasteiger partial charge in [-0.2, -0.15) is 0 Å². The van der Waals surface area contributed by atoms with E-state index in [9.17, 15) is 14.7 Å². The van der Waals surface area contributed by atoms with E-state index in [4.69, 9.17) is 0 Å². The second kappa shape index (κ2) is 6.15. The van der Waals surface area contributed by atoms with Crippen molar-refractivity contribution >= 4 is 11.9 Å². The number of rotatable bonds is 3. The normalized spacial score (nSPS) is 17.3. The summed E-state index contributed by atoms with van der Waals surface area (Å²) in [6.07, 6.45) is 1.26. The van der Waals surface area contributed by atoms with E-state index in [-0.39, 0.29) is 5.91 Å². The van der Waals surface area contributed by atoms with Crippen LogP contribution in [0.15, 0.2) is 30.3 Å². The number of aliphatic carboxylic acids is 1. The van der Waals surface area contributed by atoms with E-state index in [0.717, 1.165) is 29.1 Å². The highest BCUT2D eigenvalue weighted by atomic mass is 16.4. The highest BCUT2D eigenvalue weighted by Crippen LogP contribution is 2.26. The van der Waals surface area contributed by atoms with Crippen molar-refractivity contribution in [2.24, 2.45) is 0 Å². The van der Waals surface area contributed by atoms with Crippen molar-refractivity contribution in [3.05, 3.63) is 52.8 Å². The molecule has 126 valence electrons. The van der Waals surface area contributed by atoms with Gasteiger partial charge >= 0.3 is 5.97 Å². The van der Waals surface area contributed by atoms with E-state index in [0.29, 0.717) is 18.5 Å². The monoisotopic (exact) mass is 326 g/mol. The summed E-state index contributed by atoms with van der Waals surface area (Å²) in [6.45, 7) is 6.41. The molecule has 3 rings (SSSR count). The predicted octanol–water partition coefficient (Wildman–Crippen LogP) is 3.09. The number of aromatic nitrogens is 1. The molecule has 2 heterocycles.